The van der Waals surface area contributed by atoms with Crippen molar-refractivity contribution in [3.63, 3.8) is 0 Å². The van der Waals surface area contributed by atoms with Crippen LogP contribution in [0.15, 0.2) is 47.2 Å². The summed E-state index contributed by atoms with van der Waals surface area (Å²) in [6, 6.07) is 9.89. The van der Waals surface area contributed by atoms with Gasteiger partial charge in [0.2, 0.25) is 0 Å². The second-order valence-electron chi connectivity index (χ2n) is 4.21. The third kappa shape index (κ3) is 4.83. The summed E-state index contributed by atoms with van der Waals surface area (Å²) in [4.78, 5) is 4.03. The van der Waals surface area contributed by atoms with Crippen LogP contribution in [0.5, 0.6) is 11.5 Å². The van der Waals surface area contributed by atoms with Crippen molar-refractivity contribution >= 4 is 15.9 Å². The van der Waals surface area contributed by atoms with Crippen LogP contribution >= 0.6 is 15.9 Å². The molecule has 5 heteroatoms. The topological polar surface area (TPSA) is 43.4 Å². The van der Waals surface area contributed by atoms with Crippen LogP contribution in [0.25, 0.3) is 0 Å². The molecule has 2 aromatic rings. The first-order chi connectivity index (χ1) is 9.78. The minimum absolute atomic E-state index is 0.481. The molecule has 106 valence electrons. The molecule has 0 bridgehead atoms. The molecule has 0 aliphatic heterocycles. The van der Waals surface area contributed by atoms with E-state index in [9.17, 15) is 0 Å². The Morgan fingerprint density at radius 2 is 1.90 bits per heavy atom. The second-order valence-corrected chi connectivity index (χ2v) is 5.13. The van der Waals surface area contributed by atoms with E-state index in [1.807, 2.05) is 31.3 Å². The van der Waals surface area contributed by atoms with Crippen molar-refractivity contribution < 1.29 is 9.47 Å². The summed E-state index contributed by atoms with van der Waals surface area (Å²) in [5.41, 5.74) is 1.20. The normalized spacial score (nSPS) is 10.3. The molecule has 0 aliphatic carbocycles. The smallest absolute Gasteiger partial charge is 0.138 e. The maximum atomic E-state index is 5.66. The Bertz CT molecular complexity index is 549. The van der Waals surface area contributed by atoms with Gasteiger partial charge in [-0.15, -0.1) is 0 Å². The maximum Gasteiger partial charge on any atom is 0.138 e. The van der Waals surface area contributed by atoms with E-state index in [0.717, 1.165) is 22.5 Å². The summed E-state index contributed by atoms with van der Waals surface area (Å²) in [6.45, 7) is 1.81. The first kappa shape index (κ1) is 14.8. The van der Waals surface area contributed by atoms with Gasteiger partial charge in [-0.3, -0.25) is 4.98 Å². The van der Waals surface area contributed by atoms with Gasteiger partial charge >= 0.3 is 0 Å². The molecule has 0 saturated carbocycles. The number of hydrogen-bond donors (Lipinski definition) is 1. The Hall–Kier alpha value is -1.59. The number of nitrogens with zero attached hydrogens (tertiary/aromatic N) is 1. The average molecular weight is 337 g/mol. The van der Waals surface area contributed by atoms with Crippen LogP contribution in [0.1, 0.15) is 5.56 Å². The molecule has 2 rings (SSSR count). The van der Waals surface area contributed by atoms with Crippen molar-refractivity contribution in [2.45, 2.75) is 6.54 Å². The molecule has 0 atom stereocenters. The molecule has 0 amide bonds. The number of aromatic nitrogens is 1. The molecular formula is C15H17BrN2O2. The lowest BCUT2D eigenvalue weighted by Gasteiger charge is -2.09. The molecule has 1 aromatic carbocycles. The zero-order chi connectivity index (χ0) is 14.2. The lowest BCUT2D eigenvalue weighted by Crippen LogP contribution is -2.10. The fourth-order valence-corrected chi connectivity index (χ4v) is 2.08. The Kier molecular flexibility index (Phi) is 5.83. The molecule has 0 unspecified atom stereocenters. The highest BCUT2D eigenvalue weighted by atomic mass is 79.9. The quantitative estimate of drug-likeness (QED) is 0.789. The number of benzene rings is 1. The molecule has 0 spiro atoms. The minimum Gasteiger partial charge on any atom is -0.490 e. The van der Waals surface area contributed by atoms with Gasteiger partial charge in [0.05, 0.1) is 6.20 Å². The lowest BCUT2D eigenvalue weighted by molar-refractivity contribution is 0.216. The van der Waals surface area contributed by atoms with Gasteiger partial charge < -0.3 is 14.8 Å². The predicted molar refractivity (Wildman–Crippen MR) is 82.1 cm³/mol. The monoisotopic (exact) mass is 336 g/mol. The SMILES string of the molecule is CNCc1cccc(OCCOc2cncc(Br)c2)c1. The van der Waals surface area contributed by atoms with Crippen molar-refractivity contribution in [2.75, 3.05) is 20.3 Å². The summed E-state index contributed by atoms with van der Waals surface area (Å²) in [7, 11) is 1.92. The van der Waals surface area contributed by atoms with Crippen molar-refractivity contribution in [3.8, 4) is 11.5 Å². The number of pyridine rings is 1. The fourth-order valence-electron chi connectivity index (χ4n) is 1.74. The van der Waals surface area contributed by atoms with Crippen molar-refractivity contribution in [1.29, 1.82) is 0 Å². The van der Waals surface area contributed by atoms with E-state index in [1.54, 1.807) is 12.4 Å². The number of hydrogen-bond acceptors (Lipinski definition) is 4. The zero-order valence-corrected chi connectivity index (χ0v) is 12.9. The van der Waals surface area contributed by atoms with Crippen molar-refractivity contribution in [2.24, 2.45) is 0 Å². The van der Waals surface area contributed by atoms with Crippen LogP contribution in [0.4, 0.5) is 0 Å². The van der Waals surface area contributed by atoms with Gasteiger partial charge in [0.25, 0.3) is 0 Å². The van der Waals surface area contributed by atoms with Gasteiger partial charge in [0, 0.05) is 17.2 Å². The van der Waals surface area contributed by atoms with E-state index in [1.165, 1.54) is 5.56 Å². The highest BCUT2D eigenvalue weighted by molar-refractivity contribution is 9.10. The summed E-state index contributed by atoms with van der Waals surface area (Å²) in [5.74, 6) is 1.58. The highest BCUT2D eigenvalue weighted by Crippen LogP contribution is 2.16. The lowest BCUT2D eigenvalue weighted by atomic mass is 10.2. The molecule has 1 aromatic heterocycles. The van der Waals surface area contributed by atoms with Crippen molar-refractivity contribution in [1.82, 2.24) is 10.3 Å². The molecule has 4 nitrogen and oxygen atoms in total. The van der Waals surface area contributed by atoms with E-state index in [0.29, 0.717) is 13.2 Å². The van der Waals surface area contributed by atoms with Crippen LogP contribution in [-0.4, -0.2) is 25.2 Å². The zero-order valence-electron chi connectivity index (χ0n) is 11.3. The number of halogens is 1. The highest BCUT2D eigenvalue weighted by Gasteiger charge is 1.98. The van der Waals surface area contributed by atoms with E-state index >= 15 is 0 Å². The van der Waals surface area contributed by atoms with Gasteiger partial charge in [-0.25, -0.2) is 0 Å². The third-order valence-electron chi connectivity index (χ3n) is 2.58. The van der Waals surface area contributed by atoms with Gasteiger partial charge in [0.15, 0.2) is 0 Å². The standard InChI is InChI=1S/C15H17BrN2O2/c1-17-9-12-3-2-4-14(7-12)19-5-6-20-15-8-13(16)10-18-11-15/h2-4,7-8,10-11,17H,5-6,9H2,1H3. The summed E-state index contributed by atoms with van der Waals surface area (Å²) >= 11 is 3.35. The van der Waals surface area contributed by atoms with E-state index in [2.05, 4.69) is 32.3 Å². The van der Waals surface area contributed by atoms with E-state index < -0.39 is 0 Å². The number of ether oxygens (including phenoxy) is 2. The molecule has 0 saturated heterocycles. The predicted octanol–water partition coefficient (Wildman–Crippen LogP) is 3.02. The van der Waals surface area contributed by atoms with Crippen molar-refractivity contribution in [3.05, 3.63) is 52.8 Å². The number of rotatable bonds is 7. The van der Waals surface area contributed by atoms with E-state index in [-0.39, 0.29) is 0 Å². The second kappa shape index (κ2) is 7.87. The molecule has 20 heavy (non-hydrogen) atoms. The molecule has 1 N–H and O–H groups in total. The van der Waals surface area contributed by atoms with E-state index in [4.69, 9.17) is 9.47 Å². The first-order valence-electron chi connectivity index (χ1n) is 6.37. The molecule has 0 aliphatic rings. The Labute approximate surface area is 127 Å². The van der Waals surface area contributed by atoms with Gasteiger partial charge in [-0.1, -0.05) is 12.1 Å². The maximum absolute atomic E-state index is 5.66. The largest absolute Gasteiger partial charge is 0.490 e. The van der Waals surface area contributed by atoms with Crippen LogP contribution in [0, 0.1) is 0 Å². The third-order valence-corrected chi connectivity index (χ3v) is 3.01. The minimum atomic E-state index is 0.481. The molecular weight excluding hydrogens is 320 g/mol. The van der Waals surface area contributed by atoms with Crippen LogP contribution in [0.2, 0.25) is 0 Å². The molecule has 0 fully saturated rings. The Morgan fingerprint density at radius 3 is 2.65 bits per heavy atom. The molecule has 0 radical (unpaired) electrons. The van der Waals surface area contributed by atoms with Crippen LogP contribution in [0.3, 0.4) is 0 Å². The summed E-state index contributed by atoms with van der Waals surface area (Å²) in [5, 5.41) is 3.11. The number of nitrogens with one attached hydrogen (secondary N) is 1. The first-order valence-corrected chi connectivity index (χ1v) is 7.17. The van der Waals surface area contributed by atoms with Gasteiger partial charge in [-0.2, -0.15) is 0 Å². The Morgan fingerprint density at radius 1 is 1.10 bits per heavy atom. The van der Waals surface area contributed by atoms with Gasteiger partial charge in [0.1, 0.15) is 24.7 Å². The summed E-state index contributed by atoms with van der Waals surface area (Å²) in [6.07, 6.45) is 3.40. The Balaban J connectivity index is 1.77. The van der Waals surface area contributed by atoms with Crippen LogP contribution < -0.4 is 14.8 Å². The average Bonchev–Trinajstić information content (AvgIpc) is 2.45. The molecule has 1 heterocycles. The fraction of sp³-hybridized carbons (Fsp3) is 0.267. The van der Waals surface area contributed by atoms with Gasteiger partial charge in [-0.05, 0) is 46.7 Å². The summed E-state index contributed by atoms with van der Waals surface area (Å²) < 4.78 is 12.1. The van der Waals surface area contributed by atoms with Crippen LogP contribution in [-0.2, 0) is 6.54 Å².